The number of alkyl halides is 3. The van der Waals surface area contributed by atoms with Crippen LogP contribution in [0.4, 0.5) is 18.0 Å². The molecule has 1 aliphatic heterocycles. The van der Waals surface area contributed by atoms with Crippen molar-refractivity contribution in [1.82, 2.24) is 10.2 Å². The van der Waals surface area contributed by atoms with E-state index < -0.39 is 35.8 Å². The van der Waals surface area contributed by atoms with Crippen LogP contribution in [-0.4, -0.2) is 40.3 Å². The summed E-state index contributed by atoms with van der Waals surface area (Å²) in [4.78, 5) is 25.5. The minimum atomic E-state index is -5.00. The van der Waals surface area contributed by atoms with Gasteiger partial charge in [0.15, 0.2) is 0 Å². The molecule has 24 heavy (non-hydrogen) atoms. The van der Waals surface area contributed by atoms with Gasteiger partial charge in [0.05, 0.1) is 12.1 Å². The number of carbonyl (C=O) groups excluding carboxylic acids is 2. The molecular weight excluding hydrogens is 325 g/mol. The lowest BCUT2D eigenvalue weighted by Crippen LogP contribution is -2.56. The number of nitrogens with zero attached hydrogens (tertiary/aromatic N) is 1. The first-order valence-electron chi connectivity index (χ1n) is 7.75. The first-order valence-corrected chi connectivity index (χ1v) is 7.75. The Morgan fingerprint density at radius 2 is 1.75 bits per heavy atom. The number of aliphatic hydroxyl groups excluding tert-OH is 1. The molecule has 1 aliphatic carbocycles. The maximum Gasteiger partial charge on any atom is 0.425 e. The van der Waals surface area contributed by atoms with Crippen LogP contribution in [0.2, 0.25) is 0 Å². The molecule has 2 N–H and O–H groups in total. The highest BCUT2D eigenvalue weighted by Gasteiger charge is 2.69. The van der Waals surface area contributed by atoms with Crippen molar-refractivity contribution < 1.29 is 27.9 Å². The van der Waals surface area contributed by atoms with Gasteiger partial charge in [0.1, 0.15) is 0 Å². The predicted molar refractivity (Wildman–Crippen MR) is 77.8 cm³/mol. The third-order valence-electron chi connectivity index (χ3n) is 4.71. The summed E-state index contributed by atoms with van der Waals surface area (Å²) in [5, 5.41) is 11.9. The molecule has 0 radical (unpaired) electrons. The molecule has 0 spiro atoms. The number of imide groups is 1. The van der Waals surface area contributed by atoms with Gasteiger partial charge in [0.2, 0.25) is 5.54 Å². The van der Waals surface area contributed by atoms with Crippen LogP contribution in [0.15, 0.2) is 30.3 Å². The molecule has 1 saturated carbocycles. The third kappa shape index (κ3) is 2.36. The molecule has 0 aromatic heterocycles. The van der Waals surface area contributed by atoms with E-state index in [4.69, 9.17) is 0 Å². The molecule has 8 heteroatoms. The van der Waals surface area contributed by atoms with Crippen LogP contribution in [0.25, 0.3) is 0 Å². The monoisotopic (exact) mass is 342 g/mol. The fourth-order valence-electron chi connectivity index (χ4n) is 3.48. The molecule has 130 valence electrons. The standard InChI is InChI=1S/C16H17F3N2O3/c17-16(18,19)15(10-6-2-1-3-7-10)13(23)21(14(24)20-15)11-8-4-5-9-12(11)22/h1-3,6-7,11-12,22H,4-5,8-9H2,(H,20,24)/t11-,12+,15-/m0/s1. The van der Waals surface area contributed by atoms with Crippen molar-refractivity contribution in [2.75, 3.05) is 0 Å². The highest BCUT2D eigenvalue weighted by molar-refractivity contribution is 6.08. The minimum Gasteiger partial charge on any atom is -0.391 e. The molecule has 0 unspecified atom stereocenters. The number of urea groups is 1. The molecule has 2 fully saturated rings. The van der Waals surface area contributed by atoms with E-state index in [0.29, 0.717) is 30.6 Å². The Labute approximate surface area is 136 Å². The van der Waals surface area contributed by atoms with E-state index in [1.807, 2.05) is 5.32 Å². The van der Waals surface area contributed by atoms with E-state index in [1.165, 1.54) is 18.2 Å². The van der Waals surface area contributed by atoms with Gasteiger partial charge in [-0.2, -0.15) is 13.2 Å². The SMILES string of the molecule is O=C1N[C@](c2ccccc2)(C(F)(F)F)C(=O)N1[C@H]1CCCC[C@H]1O. The Morgan fingerprint density at radius 1 is 1.12 bits per heavy atom. The van der Waals surface area contributed by atoms with Crippen molar-refractivity contribution in [3.8, 4) is 0 Å². The number of nitrogens with one attached hydrogen (secondary N) is 1. The fourth-order valence-corrected chi connectivity index (χ4v) is 3.48. The predicted octanol–water partition coefficient (Wildman–Crippen LogP) is 2.30. The highest BCUT2D eigenvalue weighted by atomic mass is 19.4. The van der Waals surface area contributed by atoms with Crippen LogP contribution in [0, 0.1) is 0 Å². The quantitative estimate of drug-likeness (QED) is 0.811. The first kappa shape index (κ1) is 16.8. The molecule has 1 aromatic carbocycles. The van der Waals surface area contributed by atoms with Crippen molar-refractivity contribution in [1.29, 1.82) is 0 Å². The van der Waals surface area contributed by atoms with Crippen LogP contribution >= 0.6 is 0 Å². The van der Waals surface area contributed by atoms with Gasteiger partial charge in [-0.3, -0.25) is 9.69 Å². The van der Waals surface area contributed by atoms with E-state index in [-0.39, 0.29) is 5.56 Å². The summed E-state index contributed by atoms with van der Waals surface area (Å²) in [5.41, 5.74) is -3.45. The maximum absolute atomic E-state index is 13.8. The average Bonchev–Trinajstić information content (AvgIpc) is 2.81. The van der Waals surface area contributed by atoms with Crippen molar-refractivity contribution in [3.63, 3.8) is 0 Å². The molecule has 1 aromatic rings. The van der Waals surface area contributed by atoms with E-state index in [2.05, 4.69) is 0 Å². The van der Waals surface area contributed by atoms with Crippen molar-refractivity contribution in [3.05, 3.63) is 35.9 Å². The van der Waals surface area contributed by atoms with Gasteiger partial charge >= 0.3 is 12.2 Å². The molecule has 1 heterocycles. The van der Waals surface area contributed by atoms with E-state index in [1.54, 1.807) is 0 Å². The molecule has 0 bridgehead atoms. The topological polar surface area (TPSA) is 69.6 Å². The van der Waals surface area contributed by atoms with Crippen LogP contribution in [0.1, 0.15) is 31.2 Å². The minimum absolute atomic E-state index is 0.295. The van der Waals surface area contributed by atoms with Gasteiger partial charge in [-0.25, -0.2) is 4.79 Å². The number of aliphatic hydroxyl groups is 1. The number of hydrogen-bond donors (Lipinski definition) is 2. The molecule has 3 amide bonds. The summed E-state index contributed by atoms with van der Waals surface area (Å²) in [5.74, 6) is -1.38. The number of amides is 3. The fraction of sp³-hybridized carbons (Fsp3) is 0.500. The van der Waals surface area contributed by atoms with Crippen molar-refractivity contribution in [2.24, 2.45) is 0 Å². The lowest BCUT2D eigenvalue weighted by molar-refractivity contribution is -0.199. The molecule has 5 nitrogen and oxygen atoms in total. The lowest BCUT2D eigenvalue weighted by atomic mass is 9.87. The zero-order valence-electron chi connectivity index (χ0n) is 12.7. The Morgan fingerprint density at radius 3 is 2.33 bits per heavy atom. The van der Waals surface area contributed by atoms with Gasteiger partial charge in [-0.1, -0.05) is 43.2 Å². The Balaban J connectivity index is 2.06. The Kier molecular flexibility index (Phi) is 4.03. The van der Waals surface area contributed by atoms with E-state index in [9.17, 15) is 27.9 Å². The zero-order chi connectivity index (χ0) is 17.5. The molecule has 1 saturated heterocycles. The molecule has 3 atom stereocenters. The number of halogens is 3. The van der Waals surface area contributed by atoms with Crippen LogP contribution in [-0.2, 0) is 10.3 Å². The second-order valence-electron chi connectivity index (χ2n) is 6.14. The summed E-state index contributed by atoms with van der Waals surface area (Å²) in [7, 11) is 0. The third-order valence-corrected chi connectivity index (χ3v) is 4.71. The number of rotatable bonds is 2. The summed E-state index contributed by atoms with van der Waals surface area (Å²) in [6, 6.07) is 4.54. The Bertz CT molecular complexity index is 650. The summed E-state index contributed by atoms with van der Waals surface area (Å²) in [6.07, 6.45) is -4.01. The second kappa shape index (κ2) is 5.77. The summed E-state index contributed by atoms with van der Waals surface area (Å²) in [6.45, 7) is 0. The second-order valence-corrected chi connectivity index (χ2v) is 6.14. The van der Waals surface area contributed by atoms with Gasteiger partial charge in [-0.05, 0) is 18.4 Å². The number of carbonyl (C=O) groups is 2. The normalized spacial score (nSPS) is 31.2. The van der Waals surface area contributed by atoms with Crippen molar-refractivity contribution >= 4 is 11.9 Å². The summed E-state index contributed by atoms with van der Waals surface area (Å²) < 4.78 is 41.5. The zero-order valence-corrected chi connectivity index (χ0v) is 12.7. The number of benzene rings is 1. The van der Waals surface area contributed by atoms with Gasteiger partial charge in [0, 0.05) is 0 Å². The smallest absolute Gasteiger partial charge is 0.391 e. The molecule has 2 aliphatic rings. The van der Waals surface area contributed by atoms with Crippen LogP contribution < -0.4 is 5.32 Å². The van der Waals surface area contributed by atoms with Crippen LogP contribution in [0.3, 0.4) is 0 Å². The summed E-state index contributed by atoms with van der Waals surface area (Å²) >= 11 is 0. The first-order chi connectivity index (χ1) is 11.3. The highest BCUT2D eigenvalue weighted by Crippen LogP contribution is 2.44. The maximum atomic E-state index is 13.8. The van der Waals surface area contributed by atoms with E-state index >= 15 is 0 Å². The molecule has 3 rings (SSSR count). The Hall–Kier alpha value is -2.09. The van der Waals surface area contributed by atoms with Gasteiger partial charge in [-0.15, -0.1) is 0 Å². The van der Waals surface area contributed by atoms with Gasteiger partial charge < -0.3 is 10.4 Å². The number of hydrogen-bond acceptors (Lipinski definition) is 3. The molecular formula is C16H17F3N2O3. The lowest BCUT2D eigenvalue weighted by Gasteiger charge is -2.34. The average molecular weight is 342 g/mol. The van der Waals surface area contributed by atoms with Gasteiger partial charge in [0.25, 0.3) is 5.91 Å². The van der Waals surface area contributed by atoms with Crippen molar-refractivity contribution in [2.45, 2.75) is 49.5 Å². The largest absolute Gasteiger partial charge is 0.425 e. The van der Waals surface area contributed by atoms with E-state index in [0.717, 1.165) is 12.1 Å². The van der Waals surface area contributed by atoms with Crippen LogP contribution in [0.5, 0.6) is 0 Å².